The van der Waals surface area contributed by atoms with Crippen LogP contribution in [0.5, 0.6) is 0 Å². The third-order valence-corrected chi connectivity index (χ3v) is 3.28. The van der Waals surface area contributed by atoms with E-state index in [4.69, 9.17) is 5.73 Å². The molecule has 0 saturated carbocycles. The molecule has 4 nitrogen and oxygen atoms in total. The zero-order chi connectivity index (χ0) is 13.2. The van der Waals surface area contributed by atoms with Crippen molar-refractivity contribution in [3.05, 3.63) is 53.3 Å². The lowest BCUT2D eigenvalue weighted by molar-refractivity contribution is 1.22. The van der Waals surface area contributed by atoms with E-state index in [1.807, 2.05) is 42.5 Å². The first kappa shape index (κ1) is 11.9. The average molecular weight is 315 g/mol. The maximum absolute atomic E-state index is 6.01. The van der Waals surface area contributed by atoms with Crippen LogP contribution >= 0.6 is 15.9 Å². The van der Waals surface area contributed by atoms with Crippen LogP contribution in [-0.4, -0.2) is 9.97 Å². The van der Waals surface area contributed by atoms with Gasteiger partial charge in [0, 0.05) is 15.8 Å². The predicted molar refractivity (Wildman–Crippen MR) is 81.4 cm³/mol. The third-order valence-electron chi connectivity index (χ3n) is 2.78. The highest BCUT2D eigenvalue weighted by Gasteiger charge is 2.07. The van der Waals surface area contributed by atoms with Gasteiger partial charge in [-0.15, -0.1) is 0 Å². The van der Waals surface area contributed by atoms with Crippen LogP contribution in [0.15, 0.2) is 53.3 Å². The highest BCUT2D eigenvalue weighted by molar-refractivity contribution is 9.10. The fourth-order valence-corrected chi connectivity index (χ4v) is 2.33. The van der Waals surface area contributed by atoms with Crippen LogP contribution in [0.25, 0.3) is 10.9 Å². The van der Waals surface area contributed by atoms with Crippen LogP contribution < -0.4 is 11.1 Å². The molecule has 0 fully saturated rings. The molecule has 5 heteroatoms. The monoisotopic (exact) mass is 314 g/mol. The van der Waals surface area contributed by atoms with E-state index in [2.05, 4.69) is 31.2 Å². The molecule has 0 aliphatic heterocycles. The number of rotatable bonds is 2. The van der Waals surface area contributed by atoms with Crippen molar-refractivity contribution in [3.8, 4) is 0 Å². The smallest absolute Gasteiger partial charge is 0.143 e. The van der Waals surface area contributed by atoms with Gasteiger partial charge in [0.05, 0.1) is 10.9 Å². The molecule has 2 aromatic carbocycles. The summed E-state index contributed by atoms with van der Waals surface area (Å²) in [5.74, 6) is 0.709. The first-order valence-electron chi connectivity index (χ1n) is 5.76. The van der Waals surface area contributed by atoms with Crippen molar-refractivity contribution in [2.45, 2.75) is 0 Å². The van der Waals surface area contributed by atoms with Gasteiger partial charge in [0.1, 0.15) is 12.1 Å². The molecule has 0 saturated heterocycles. The highest BCUT2D eigenvalue weighted by atomic mass is 79.9. The van der Waals surface area contributed by atoms with Gasteiger partial charge in [-0.1, -0.05) is 28.1 Å². The third kappa shape index (κ3) is 2.37. The fourth-order valence-electron chi connectivity index (χ4n) is 1.93. The second-order valence-electron chi connectivity index (χ2n) is 4.10. The normalized spacial score (nSPS) is 10.6. The number of anilines is 3. The Balaban J connectivity index is 2.11. The molecule has 0 radical (unpaired) electrons. The Bertz CT molecular complexity index is 737. The number of nitrogens with one attached hydrogen (secondary N) is 1. The number of hydrogen-bond donors (Lipinski definition) is 2. The van der Waals surface area contributed by atoms with E-state index in [9.17, 15) is 0 Å². The minimum Gasteiger partial charge on any atom is -0.398 e. The van der Waals surface area contributed by atoms with Crippen molar-refractivity contribution in [1.82, 2.24) is 9.97 Å². The van der Waals surface area contributed by atoms with Crippen LogP contribution in [0.4, 0.5) is 17.2 Å². The zero-order valence-electron chi connectivity index (χ0n) is 9.97. The number of aromatic nitrogens is 2. The van der Waals surface area contributed by atoms with Gasteiger partial charge in [-0.3, -0.25) is 0 Å². The van der Waals surface area contributed by atoms with Gasteiger partial charge in [0.2, 0.25) is 0 Å². The van der Waals surface area contributed by atoms with E-state index in [1.54, 1.807) is 0 Å². The topological polar surface area (TPSA) is 63.8 Å². The Labute approximate surface area is 118 Å². The van der Waals surface area contributed by atoms with Crippen LogP contribution in [0, 0.1) is 0 Å². The van der Waals surface area contributed by atoms with Gasteiger partial charge in [-0.2, -0.15) is 0 Å². The summed E-state index contributed by atoms with van der Waals surface area (Å²) in [6, 6.07) is 13.5. The van der Waals surface area contributed by atoms with Gasteiger partial charge in [0.25, 0.3) is 0 Å². The van der Waals surface area contributed by atoms with Crippen LogP contribution in [-0.2, 0) is 0 Å². The maximum atomic E-state index is 6.01. The van der Waals surface area contributed by atoms with Crippen LogP contribution in [0.2, 0.25) is 0 Å². The number of benzene rings is 2. The summed E-state index contributed by atoms with van der Waals surface area (Å²) in [4.78, 5) is 8.50. The lowest BCUT2D eigenvalue weighted by Gasteiger charge is -2.10. The quantitative estimate of drug-likeness (QED) is 0.708. The standard InChI is InChI=1S/C14H11BrN4/c15-9-3-1-4-10(7-9)19-14-13-11(16)5-2-6-12(13)17-8-18-14/h1-8H,16H2,(H,17,18,19). The molecule has 1 aromatic heterocycles. The van der Waals surface area contributed by atoms with E-state index in [0.717, 1.165) is 21.1 Å². The van der Waals surface area contributed by atoms with Gasteiger partial charge in [0.15, 0.2) is 0 Å². The molecule has 3 aromatic rings. The fraction of sp³-hybridized carbons (Fsp3) is 0. The lowest BCUT2D eigenvalue weighted by Crippen LogP contribution is -1.98. The molecule has 0 aliphatic rings. The molecule has 3 N–H and O–H groups in total. The summed E-state index contributed by atoms with van der Waals surface area (Å²) >= 11 is 3.44. The van der Waals surface area contributed by atoms with Crippen LogP contribution in [0.3, 0.4) is 0 Å². The Kier molecular flexibility index (Phi) is 3.05. The molecule has 0 unspecified atom stereocenters. The van der Waals surface area contributed by atoms with Crippen molar-refractivity contribution in [1.29, 1.82) is 0 Å². The Morgan fingerprint density at radius 2 is 1.89 bits per heavy atom. The number of nitrogens with two attached hydrogens (primary N) is 1. The first-order valence-corrected chi connectivity index (χ1v) is 6.55. The number of hydrogen-bond acceptors (Lipinski definition) is 4. The average Bonchev–Trinajstić information content (AvgIpc) is 2.39. The van der Waals surface area contributed by atoms with Crippen molar-refractivity contribution in [2.24, 2.45) is 0 Å². The number of fused-ring (bicyclic) bond motifs is 1. The molecule has 1 heterocycles. The molecule has 94 valence electrons. The minimum absolute atomic E-state index is 0.663. The van der Waals surface area contributed by atoms with Gasteiger partial charge in [-0.05, 0) is 30.3 Å². The molecular formula is C14H11BrN4. The van der Waals surface area contributed by atoms with Crippen molar-refractivity contribution >= 4 is 44.0 Å². The summed E-state index contributed by atoms with van der Waals surface area (Å²) in [7, 11) is 0. The van der Waals surface area contributed by atoms with Crippen molar-refractivity contribution in [2.75, 3.05) is 11.1 Å². The highest BCUT2D eigenvalue weighted by Crippen LogP contribution is 2.28. The van der Waals surface area contributed by atoms with Gasteiger partial charge in [-0.25, -0.2) is 9.97 Å². The number of halogens is 1. The Morgan fingerprint density at radius 1 is 1.05 bits per heavy atom. The molecule has 0 atom stereocenters. The number of nitrogen functional groups attached to an aromatic ring is 1. The van der Waals surface area contributed by atoms with E-state index < -0.39 is 0 Å². The SMILES string of the molecule is Nc1cccc2ncnc(Nc3cccc(Br)c3)c12. The molecule has 0 spiro atoms. The van der Waals surface area contributed by atoms with E-state index in [-0.39, 0.29) is 0 Å². The Morgan fingerprint density at radius 3 is 2.74 bits per heavy atom. The summed E-state index contributed by atoms with van der Waals surface area (Å²) in [6.45, 7) is 0. The minimum atomic E-state index is 0.663. The van der Waals surface area contributed by atoms with E-state index in [1.165, 1.54) is 6.33 Å². The van der Waals surface area contributed by atoms with E-state index >= 15 is 0 Å². The molecule has 19 heavy (non-hydrogen) atoms. The van der Waals surface area contributed by atoms with Gasteiger partial charge >= 0.3 is 0 Å². The molecule has 3 rings (SSSR count). The summed E-state index contributed by atoms with van der Waals surface area (Å²) in [5.41, 5.74) is 8.44. The van der Waals surface area contributed by atoms with Crippen molar-refractivity contribution in [3.63, 3.8) is 0 Å². The van der Waals surface area contributed by atoms with Crippen LogP contribution in [0.1, 0.15) is 0 Å². The van der Waals surface area contributed by atoms with E-state index in [0.29, 0.717) is 11.5 Å². The van der Waals surface area contributed by atoms with Crippen molar-refractivity contribution < 1.29 is 0 Å². The second-order valence-corrected chi connectivity index (χ2v) is 5.01. The zero-order valence-corrected chi connectivity index (χ0v) is 11.6. The maximum Gasteiger partial charge on any atom is 0.143 e. The Hall–Kier alpha value is -2.14. The predicted octanol–water partition coefficient (Wildman–Crippen LogP) is 3.72. The molecule has 0 amide bonds. The summed E-state index contributed by atoms with van der Waals surface area (Å²) < 4.78 is 1.00. The second kappa shape index (κ2) is 4.85. The largest absolute Gasteiger partial charge is 0.398 e. The molecular weight excluding hydrogens is 304 g/mol. The number of nitrogens with zero attached hydrogens (tertiary/aromatic N) is 2. The first-order chi connectivity index (χ1) is 9.24. The summed E-state index contributed by atoms with van der Waals surface area (Å²) in [6.07, 6.45) is 1.53. The molecule has 0 bridgehead atoms. The summed E-state index contributed by atoms with van der Waals surface area (Å²) in [5, 5.41) is 4.11. The van der Waals surface area contributed by atoms with Gasteiger partial charge < -0.3 is 11.1 Å². The molecule has 0 aliphatic carbocycles. The lowest BCUT2D eigenvalue weighted by atomic mass is 10.2.